The summed E-state index contributed by atoms with van der Waals surface area (Å²) in [5.74, 6) is 0.434. The highest BCUT2D eigenvalue weighted by atomic mass is 32.2. The molecule has 3 rings (SSSR count). The number of sulfonamides is 1. The van der Waals surface area contributed by atoms with Gasteiger partial charge in [0.1, 0.15) is 0 Å². The Kier molecular flexibility index (Phi) is 7.49. The SMILES string of the molecule is C=CCOCC1CCN(C(=O)c2ccc(S(=O)(=O)N3CCCCC3C)cc2)CC1. The number of rotatable bonds is 7. The third kappa shape index (κ3) is 5.27. The Morgan fingerprint density at radius 1 is 1.14 bits per heavy atom. The second kappa shape index (κ2) is 9.87. The minimum atomic E-state index is -3.51. The smallest absolute Gasteiger partial charge is 0.253 e. The fourth-order valence-electron chi connectivity index (χ4n) is 4.14. The van der Waals surface area contributed by atoms with E-state index in [2.05, 4.69) is 6.58 Å². The van der Waals surface area contributed by atoms with Crippen LogP contribution >= 0.6 is 0 Å². The zero-order chi connectivity index (χ0) is 20.9. The first kappa shape index (κ1) is 22.0. The fourth-order valence-corrected chi connectivity index (χ4v) is 5.84. The molecule has 2 saturated heterocycles. The number of likely N-dealkylation sites (tertiary alicyclic amines) is 1. The van der Waals surface area contributed by atoms with E-state index in [4.69, 9.17) is 4.74 Å². The first-order chi connectivity index (χ1) is 13.9. The first-order valence-electron chi connectivity index (χ1n) is 10.5. The Labute approximate surface area is 174 Å². The number of piperidine rings is 2. The van der Waals surface area contributed by atoms with Crippen molar-refractivity contribution < 1.29 is 17.9 Å². The molecule has 1 amide bonds. The van der Waals surface area contributed by atoms with Gasteiger partial charge in [-0.15, -0.1) is 6.58 Å². The van der Waals surface area contributed by atoms with Crippen LogP contribution in [-0.2, 0) is 14.8 Å². The van der Waals surface area contributed by atoms with Gasteiger partial charge in [0.2, 0.25) is 10.0 Å². The zero-order valence-electron chi connectivity index (χ0n) is 17.3. The lowest BCUT2D eigenvalue weighted by molar-refractivity contribution is 0.0575. The Morgan fingerprint density at radius 3 is 2.45 bits per heavy atom. The largest absolute Gasteiger partial charge is 0.377 e. The second-order valence-electron chi connectivity index (χ2n) is 8.05. The number of ether oxygens (including phenoxy) is 1. The number of carbonyl (C=O) groups excluding carboxylic acids is 1. The van der Waals surface area contributed by atoms with Gasteiger partial charge in [0.25, 0.3) is 5.91 Å². The van der Waals surface area contributed by atoms with Crippen molar-refractivity contribution in [2.75, 3.05) is 32.8 Å². The Balaban J connectivity index is 1.60. The molecular weight excluding hydrogens is 388 g/mol. The Morgan fingerprint density at radius 2 is 1.83 bits per heavy atom. The lowest BCUT2D eigenvalue weighted by Crippen LogP contribution is -2.42. The van der Waals surface area contributed by atoms with Crippen molar-refractivity contribution in [1.82, 2.24) is 9.21 Å². The van der Waals surface area contributed by atoms with Crippen molar-refractivity contribution in [3.63, 3.8) is 0 Å². The van der Waals surface area contributed by atoms with E-state index in [0.717, 1.165) is 32.1 Å². The van der Waals surface area contributed by atoms with Crippen molar-refractivity contribution in [1.29, 1.82) is 0 Å². The molecule has 0 spiro atoms. The first-order valence-corrected chi connectivity index (χ1v) is 12.0. The van der Waals surface area contributed by atoms with Crippen LogP contribution < -0.4 is 0 Å². The summed E-state index contributed by atoms with van der Waals surface area (Å²) in [5, 5.41) is 0. The molecule has 1 aromatic rings. The number of nitrogens with zero attached hydrogens (tertiary/aromatic N) is 2. The topological polar surface area (TPSA) is 66.9 Å². The summed E-state index contributed by atoms with van der Waals surface area (Å²) >= 11 is 0. The Bertz CT molecular complexity index is 799. The minimum Gasteiger partial charge on any atom is -0.377 e. The molecule has 2 aliphatic heterocycles. The van der Waals surface area contributed by atoms with Crippen LogP contribution in [0.4, 0.5) is 0 Å². The summed E-state index contributed by atoms with van der Waals surface area (Å²) < 4.78 is 33.0. The summed E-state index contributed by atoms with van der Waals surface area (Å²) in [6.45, 7) is 8.83. The number of hydrogen-bond acceptors (Lipinski definition) is 4. The molecule has 0 N–H and O–H groups in total. The molecule has 2 fully saturated rings. The standard InChI is InChI=1S/C22H32N2O4S/c1-3-16-28-17-19-11-14-23(15-12-19)22(25)20-7-9-21(10-8-20)29(26,27)24-13-5-4-6-18(24)2/h3,7-10,18-19H,1,4-6,11-17H2,2H3. The molecule has 1 unspecified atom stereocenters. The maximum Gasteiger partial charge on any atom is 0.253 e. The normalized spacial score (nSPS) is 21.8. The van der Waals surface area contributed by atoms with Gasteiger partial charge < -0.3 is 9.64 Å². The van der Waals surface area contributed by atoms with Gasteiger partial charge in [0.05, 0.1) is 11.5 Å². The number of hydrogen-bond donors (Lipinski definition) is 0. The lowest BCUT2D eigenvalue weighted by Gasteiger charge is -2.32. The average molecular weight is 421 g/mol. The molecule has 1 atom stereocenters. The van der Waals surface area contributed by atoms with E-state index in [9.17, 15) is 13.2 Å². The van der Waals surface area contributed by atoms with Crippen LogP contribution in [0.1, 0.15) is 49.4 Å². The van der Waals surface area contributed by atoms with Crippen LogP contribution in [0.3, 0.4) is 0 Å². The fraction of sp³-hybridized carbons (Fsp3) is 0.591. The van der Waals surface area contributed by atoms with Crippen molar-refractivity contribution in [2.24, 2.45) is 5.92 Å². The van der Waals surface area contributed by atoms with Gasteiger partial charge in [0, 0.05) is 37.8 Å². The molecule has 0 aromatic heterocycles. The monoisotopic (exact) mass is 420 g/mol. The number of amides is 1. The average Bonchev–Trinajstić information content (AvgIpc) is 2.74. The molecule has 0 bridgehead atoms. The summed E-state index contributed by atoms with van der Waals surface area (Å²) in [7, 11) is -3.51. The zero-order valence-corrected chi connectivity index (χ0v) is 18.1. The number of carbonyl (C=O) groups is 1. The van der Waals surface area contributed by atoms with Crippen molar-refractivity contribution >= 4 is 15.9 Å². The Hall–Kier alpha value is -1.70. The lowest BCUT2D eigenvalue weighted by atomic mass is 9.97. The molecule has 160 valence electrons. The molecule has 0 saturated carbocycles. The van der Waals surface area contributed by atoms with Crippen molar-refractivity contribution in [2.45, 2.75) is 50.0 Å². The van der Waals surface area contributed by atoms with Crippen LogP contribution in [0.2, 0.25) is 0 Å². The van der Waals surface area contributed by atoms with Gasteiger partial charge in [-0.25, -0.2) is 8.42 Å². The molecule has 7 heteroatoms. The molecule has 29 heavy (non-hydrogen) atoms. The van der Waals surface area contributed by atoms with E-state index in [1.54, 1.807) is 34.6 Å². The number of benzene rings is 1. The molecule has 1 aromatic carbocycles. The summed E-state index contributed by atoms with van der Waals surface area (Å²) in [4.78, 5) is 14.9. The van der Waals surface area contributed by atoms with Crippen LogP contribution in [-0.4, -0.2) is 62.4 Å². The maximum absolute atomic E-state index is 12.9. The molecule has 0 aliphatic carbocycles. The van der Waals surface area contributed by atoms with Crippen LogP contribution in [0, 0.1) is 5.92 Å². The van der Waals surface area contributed by atoms with Gasteiger partial charge in [-0.1, -0.05) is 12.5 Å². The van der Waals surface area contributed by atoms with Gasteiger partial charge in [-0.2, -0.15) is 4.31 Å². The summed E-state index contributed by atoms with van der Waals surface area (Å²) in [6, 6.07) is 6.44. The second-order valence-corrected chi connectivity index (χ2v) is 9.94. The van der Waals surface area contributed by atoms with Crippen molar-refractivity contribution in [3.05, 3.63) is 42.5 Å². The van der Waals surface area contributed by atoms with Crippen LogP contribution in [0.5, 0.6) is 0 Å². The van der Waals surface area contributed by atoms with Crippen LogP contribution in [0.15, 0.2) is 41.8 Å². The third-order valence-corrected chi connectivity index (χ3v) is 7.97. The predicted molar refractivity (Wildman–Crippen MR) is 113 cm³/mol. The van der Waals surface area contributed by atoms with E-state index < -0.39 is 10.0 Å². The minimum absolute atomic E-state index is 0.0202. The maximum atomic E-state index is 12.9. The van der Waals surface area contributed by atoms with Gasteiger partial charge in [-0.05, 0) is 62.8 Å². The van der Waals surface area contributed by atoms with Gasteiger partial charge in [0.15, 0.2) is 0 Å². The van der Waals surface area contributed by atoms with E-state index in [0.29, 0.717) is 44.3 Å². The predicted octanol–water partition coefficient (Wildman–Crippen LogP) is 3.30. The molecule has 2 heterocycles. The highest BCUT2D eigenvalue weighted by Gasteiger charge is 2.31. The molecule has 6 nitrogen and oxygen atoms in total. The van der Waals surface area contributed by atoms with Crippen molar-refractivity contribution in [3.8, 4) is 0 Å². The summed E-state index contributed by atoms with van der Waals surface area (Å²) in [6.07, 6.45) is 6.44. The molecular formula is C22H32N2O4S. The van der Waals surface area contributed by atoms with E-state index in [1.165, 1.54) is 0 Å². The highest BCUT2D eigenvalue weighted by Crippen LogP contribution is 2.26. The van der Waals surface area contributed by atoms with E-state index >= 15 is 0 Å². The molecule has 0 radical (unpaired) electrons. The van der Waals surface area contributed by atoms with E-state index in [-0.39, 0.29) is 16.8 Å². The third-order valence-electron chi connectivity index (χ3n) is 5.94. The summed E-state index contributed by atoms with van der Waals surface area (Å²) in [5.41, 5.74) is 0.539. The highest BCUT2D eigenvalue weighted by molar-refractivity contribution is 7.89. The van der Waals surface area contributed by atoms with E-state index in [1.807, 2.05) is 11.8 Å². The van der Waals surface area contributed by atoms with Gasteiger partial charge in [-0.3, -0.25) is 4.79 Å². The van der Waals surface area contributed by atoms with Gasteiger partial charge >= 0.3 is 0 Å². The van der Waals surface area contributed by atoms with Crippen LogP contribution in [0.25, 0.3) is 0 Å². The quantitative estimate of drug-likeness (QED) is 0.501. The molecule has 2 aliphatic rings.